The van der Waals surface area contributed by atoms with E-state index in [0.717, 1.165) is 50.7 Å². The van der Waals surface area contributed by atoms with Gasteiger partial charge in [0.15, 0.2) is 0 Å². The number of anilines is 1. The third-order valence-corrected chi connectivity index (χ3v) is 5.69. The molecule has 0 amide bonds. The maximum Gasteiger partial charge on any atom is 0.137 e. The van der Waals surface area contributed by atoms with Crippen molar-refractivity contribution in [3.8, 4) is 22.5 Å². The Kier molecular flexibility index (Phi) is 6.04. The molecule has 0 fully saturated rings. The van der Waals surface area contributed by atoms with E-state index in [0.29, 0.717) is 6.54 Å². The second-order valence-corrected chi connectivity index (χ2v) is 8.04. The lowest BCUT2D eigenvalue weighted by Crippen LogP contribution is -2.03. The third kappa shape index (κ3) is 4.65. The van der Waals surface area contributed by atoms with Gasteiger partial charge in [0.25, 0.3) is 0 Å². The number of benzene rings is 1. The third-order valence-electron chi connectivity index (χ3n) is 5.69. The first-order chi connectivity index (χ1) is 17.1. The monoisotopic (exact) mass is 463 g/mol. The molecule has 4 aromatic heterocycles. The summed E-state index contributed by atoms with van der Waals surface area (Å²) in [7, 11) is 3.63. The lowest BCUT2D eigenvalue weighted by Gasteiger charge is -2.08. The Labute approximate surface area is 202 Å². The lowest BCUT2D eigenvalue weighted by atomic mass is 10.1. The molecule has 0 aliphatic carbocycles. The van der Waals surface area contributed by atoms with Gasteiger partial charge in [-0.1, -0.05) is 24.3 Å². The summed E-state index contributed by atoms with van der Waals surface area (Å²) in [6, 6.07) is 14.2. The van der Waals surface area contributed by atoms with Crippen LogP contribution in [0.15, 0.2) is 84.8 Å². The van der Waals surface area contributed by atoms with Crippen molar-refractivity contribution in [2.75, 3.05) is 12.4 Å². The molecule has 1 aromatic carbocycles. The van der Waals surface area contributed by atoms with Crippen molar-refractivity contribution in [3.05, 3.63) is 90.9 Å². The quantitative estimate of drug-likeness (QED) is 0.355. The van der Waals surface area contributed by atoms with Crippen LogP contribution in [0.5, 0.6) is 0 Å². The molecule has 0 saturated heterocycles. The standard InChI is InChI=1S/C26H25N9/c1-28-13-21(11-27)19-5-3-18(4-6-19)12-29-25-10-23(31-17-32-25)24-15-30-26-9-20(7-8-35(24)26)22-14-33-34(2)16-22/h3-11,13-17H,12,27H2,1-2H3,(H,29,31,32)/b21-11+,28-13?. The zero-order valence-electron chi connectivity index (χ0n) is 19.5. The number of aryl methyl sites for hydroxylation is 1. The number of nitrogens with zero attached hydrogens (tertiary/aromatic N) is 7. The van der Waals surface area contributed by atoms with Crippen LogP contribution >= 0.6 is 0 Å². The van der Waals surface area contributed by atoms with Crippen LogP contribution in [0, 0.1) is 0 Å². The van der Waals surface area contributed by atoms with Gasteiger partial charge < -0.3 is 11.1 Å². The summed E-state index contributed by atoms with van der Waals surface area (Å²) in [5.41, 5.74) is 13.4. The molecule has 0 unspecified atom stereocenters. The van der Waals surface area contributed by atoms with Gasteiger partial charge in [0, 0.05) is 62.7 Å². The smallest absolute Gasteiger partial charge is 0.137 e. The highest BCUT2D eigenvalue weighted by Gasteiger charge is 2.10. The first-order valence-electron chi connectivity index (χ1n) is 11.1. The van der Waals surface area contributed by atoms with Gasteiger partial charge in [-0.25, -0.2) is 15.0 Å². The predicted molar refractivity (Wildman–Crippen MR) is 139 cm³/mol. The lowest BCUT2D eigenvalue weighted by molar-refractivity contribution is 0.768. The summed E-state index contributed by atoms with van der Waals surface area (Å²) in [4.78, 5) is 17.5. The van der Waals surface area contributed by atoms with E-state index in [4.69, 9.17) is 5.73 Å². The van der Waals surface area contributed by atoms with Crippen LogP contribution in [-0.2, 0) is 13.6 Å². The Hall–Kier alpha value is -4.79. The maximum atomic E-state index is 5.70. The molecule has 3 N–H and O–H groups in total. The SMILES string of the molecule is CN=C/C(=C\N)c1ccc(CNc2cc(-c3cnc4cc(-c5cnn(C)c5)ccn34)ncn2)cc1. The highest BCUT2D eigenvalue weighted by Crippen LogP contribution is 2.25. The van der Waals surface area contributed by atoms with Gasteiger partial charge in [0.2, 0.25) is 0 Å². The van der Waals surface area contributed by atoms with E-state index < -0.39 is 0 Å². The second-order valence-electron chi connectivity index (χ2n) is 8.04. The molecule has 0 spiro atoms. The Morgan fingerprint density at radius 2 is 1.91 bits per heavy atom. The fourth-order valence-corrected chi connectivity index (χ4v) is 3.87. The van der Waals surface area contributed by atoms with Crippen LogP contribution < -0.4 is 11.1 Å². The molecule has 0 saturated carbocycles. The number of hydrogen-bond donors (Lipinski definition) is 2. The number of fused-ring (bicyclic) bond motifs is 1. The van der Waals surface area contributed by atoms with Gasteiger partial charge in [0.05, 0.1) is 23.8 Å². The van der Waals surface area contributed by atoms with E-state index in [2.05, 4.69) is 48.6 Å². The minimum absolute atomic E-state index is 0.627. The van der Waals surface area contributed by atoms with Gasteiger partial charge in [-0.2, -0.15) is 5.10 Å². The Morgan fingerprint density at radius 1 is 1.06 bits per heavy atom. The van der Waals surface area contributed by atoms with E-state index in [9.17, 15) is 0 Å². The molecule has 4 heterocycles. The van der Waals surface area contributed by atoms with Crippen molar-refractivity contribution in [3.63, 3.8) is 0 Å². The molecule has 5 rings (SSSR count). The van der Waals surface area contributed by atoms with Crippen molar-refractivity contribution in [1.29, 1.82) is 0 Å². The zero-order valence-corrected chi connectivity index (χ0v) is 19.5. The van der Waals surface area contributed by atoms with Crippen LogP contribution in [0.4, 0.5) is 5.82 Å². The Balaban J connectivity index is 1.33. The van der Waals surface area contributed by atoms with Crippen molar-refractivity contribution >= 4 is 23.3 Å². The minimum Gasteiger partial charge on any atom is -0.404 e. The van der Waals surface area contributed by atoms with Gasteiger partial charge in [0.1, 0.15) is 17.8 Å². The summed E-state index contributed by atoms with van der Waals surface area (Å²) in [5, 5.41) is 7.63. The first-order valence-corrected chi connectivity index (χ1v) is 11.1. The highest BCUT2D eigenvalue weighted by atomic mass is 15.2. The van der Waals surface area contributed by atoms with Crippen molar-refractivity contribution in [2.24, 2.45) is 17.8 Å². The fraction of sp³-hybridized carbons (Fsp3) is 0.115. The molecule has 0 aliphatic heterocycles. The molecule has 0 aliphatic rings. The summed E-state index contributed by atoms with van der Waals surface area (Å²) >= 11 is 0. The molecule has 35 heavy (non-hydrogen) atoms. The van der Waals surface area contributed by atoms with E-state index >= 15 is 0 Å². The van der Waals surface area contributed by atoms with Crippen molar-refractivity contribution in [1.82, 2.24) is 29.1 Å². The van der Waals surface area contributed by atoms with Gasteiger partial charge in [-0.05, 0) is 28.8 Å². The summed E-state index contributed by atoms with van der Waals surface area (Å²) in [5.74, 6) is 0.738. The highest BCUT2D eigenvalue weighted by molar-refractivity contribution is 6.09. The average molecular weight is 464 g/mol. The van der Waals surface area contributed by atoms with E-state index in [-0.39, 0.29) is 0 Å². The first kappa shape index (κ1) is 22.0. The van der Waals surface area contributed by atoms with Crippen molar-refractivity contribution < 1.29 is 0 Å². The average Bonchev–Trinajstić information content (AvgIpc) is 3.52. The molecule has 9 nitrogen and oxygen atoms in total. The number of nitrogens with two attached hydrogens (primary N) is 1. The number of aliphatic imine (C=N–C) groups is 1. The van der Waals surface area contributed by atoms with Gasteiger partial charge in [-0.15, -0.1) is 0 Å². The number of aromatic nitrogens is 6. The Bertz CT molecular complexity index is 1520. The molecular formula is C26H25N9. The molecule has 0 bridgehead atoms. The zero-order chi connectivity index (χ0) is 24.2. The van der Waals surface area contributed by atoms with Gasteiger partial charge >= 0.3 is 0 Å². The molecule has 5 aromatic rings. The molecule has 9 heteroatoms. The molecule has 0 radical (unpaired) electrons. The van der Waals surface area contributed by atoms with Crippen LogP contribution in [0.25, 0.3) is 33.7 Å². The minimum atomic E-state index is 0.627. The van der Waals surface area contributed by atoms with Crippen LogP contribution in [-0.4, -0.2) is 42.4 Å². The van der Waals surface area contributed by atoms with Crippen LogP contribution in [0.3, 0.4) is 0 Å². The largest absolute Gasteiger partial charge is 0.404 e. The number of nitrogens with one attached hydrogen (secondary N) is 1. The molecule has 0 atom stereocenters. The van der Waals surface area contributed by atoms with Crippen LogP contribution in [0.1, 0.15) is 11.1 Å². The van der Waals surface area contributed by atoms with Crippen molar-refractivity contribution in [2.45, 2.75) is 6.54 Å². The normalized spacial score (nSPS) is 12.0. The number of hydrogen-bond acceptors (Lipinski definition) is 7. The number of pyridine rings is 1. The summed E-state index contributed by atoms with van der Waals surface area (Å²) in [6.45, 7) is 0.627. The molecular weight excluding hydrogens is 438 g/mol. The fourth-order valence-electron chi connectivity index (χ4n) is 3.87. The van der Waals surface area contributed by atoms with Crippen LogP contribution in [0.2, 0.25) is 0 Å². The second kappa shape index (κ2) is 9.60. The van der Waals surface area contributed by atoms with Gasteiger partial charge in [-0.3, -0.25) is 14.1 Å². The van der Waals surface area contributed by atoms with E-state index in [1.165, 1.54) is 0 Å². The van der Waals surface area contributed by atoms with E-state index in [1.54, 1.807) is 30.5 Å². The predicted octanol–water partition coefficient (Wildman–Crippen LogP) is 3.80. The summed E-state index contributed by atoms with van der Waals surface area (Å²) in [6.07, 6.45) is 12.5. The number of imidazole rings is 1. The van der Waals surface area contributed by atoms with E-state index in [1.807, 2.05) is 60.5 Å². The topological polar surface area (TPSA) is 111 Å². The summed E-state index contributed by atoms with van der Waals surface area (Å²) < 4.78 is 3.81. The Morgan fingerprint density at radius 3 is 2.66 bits per heavy atom. The number of rotatable bonds is 7. The molecule has 174 valence electrons. The maximum absolute atomic E-state index is 5.70. The number of allylic oxidation sites excluding steroid dienone is 1.